The Balaban J connectivity index is 1.69. The van der Waals surface area contributed by atoms with Gasteiger partial charge in [-0.2, -0.15) is 0 Å². The first-order chi connectivity index (χ1) is 9.54. The molecule has 0 spiro atoms. The number of hydrogen-bond donors (Lipinski definition) is 3. The van der Waals surface area contributed by atoms with Crippen molar-refractivity contribution in [2.75, 3.05) is 0 Å². The molecule has 0 radical (unpaired) electrons. The van der Waals surface area contributed by atoms with E-state index in [0.717, 1.165) is 22.2 Å². The highest BCUT2D eigenvalue weighted by Gasteiger charge is 2.26. The van der Waals surface area contributed by atoms with Gasteiger partial charge in [0, 0.05) is 12.6 Å². The summed E-state index contributed by atoms with van der Waals surface area (Å²) in [7, 11) is 0. The van der Waals surface area contributed by atoms with Crippen molar-refractivity contribution in [1.29, 1.82) is 0 Å². The van der Waals surface area contributed by atoms with E-state index in [1.54, 1.807) is 11.3 Å². The van der Waals surface area contributed by atoms with Gasteiger partial charge in [-0.3, -0.25) is 4.79 Å². The van der Waals surface area contributed by atoms with Crippen LogP contribution in [0.4, 0.5) is 4.79 Å². The lowest BCUT2D eigenvalue weighted by atomic mass is 9.86. The van der Waals surface area contributed by atoms with E-state index >= 15 is 0 Å². The minimum Gasteiger partial charge on any atom is -0.481 e. The third-order valence-electron chi connectivity index (χ3n) is 3.49. The Bertz CT molecular complexity index is 484. The molecular weight excluding hydrogens is 344 g/mol. The zero-order valence-corrected chi connectivity index (χ0v) is 13.3. The van der Waals surface area contributed by atoms with Crippen LogP contribution >= 0.6 is 27.3 Å². The molecule has 0 atom stereocenters. The number of thiophene rings is 1. The van der Waals surface area contributed by atoms with E-state index in [0.29, 0.717) is 19.4 Å². The fourth-order valence-electron chi connectivity index (χ4n) is 2.34. The Morgan fingerprint density at radius 3 is 2.60 bits per heavy atom. The molecule has 110 valence electrons. The summed E-state index contributed by atoms with van der Waals surface area (Å²) < 4.78 is 1.04. The first-order valence-electron chi connectivity index (χ1n) is 6.54. The second kappa shape index (κ2) is 7.08. The van der Waals surface area contributed by atoms with Crippen LogP contribution in [-0.2, 0) is 11.3 Å². The minimum absolute atomic E-state index is 0.0832. The van der Waals surface area contributed by atoms with Gasteiger partial charge in [0.15, 0.2) is 0 Å². The highest BCUT2D eigenvalue weighted by atomic mass is 79.9. The van der Waals surface area contributed by atoms with Gasteiger partial charge in [-0.25, -0.2) is 4.79 Å². The molecule has 1 fully saturated rings. The SMILES string of the molecule is O=C(NCc1csc(Br)c1)NC1CCC(C(=O)O)CC1. The van der Waals surface area contributed by atoms with Gasteiger partial charge in [-0.1, -0.05) is 0 Å². The monoisotopic (exact) mass is 360 g/mol. The molecule has 0 aromatic carbocycles. The molecule has 1 aromatic heterocycles. The van der Waals surface area contributed by atoms with Crippen LogP contribution in [0.15, 0.2) is 15.2 Å². The predicted octanol–water partition coefficient (Wildman–Crippen LogP) is 2.95. The van der Waals surface area contributed by atoms with Gasteiger partial charge in [-0.15, -0.1) is 11.3 Å². The second-order valence-corrected chi connectivity index (χ2v) is 7.26. The Morgan fingerprint density at radius 1 is 1.35 bits per heavy atom. The minimum atomic E-state index is -0.726. The summed E-state index contributed by atoms with van der Waals surface area (Å²) in [5.41, 5.74) is 1.06. The van der Waals surface area contributed by atoms with Crippen LogP contribution in [0.3, 0.4) is 0 Å². The molecule has 0 bridgehead atoms. The van der Waals surface area contributed by atoms with Crippen LogP contribution in [0, 0.1) is 5.92 Å². The van der Waals surface area contributed by atoms with E-state index in [1.807, 2.05) is 11.4 Å². The highest BCUT2D eigenvalue weighted by Crippen LogP contribution is 2.24. The maximum Gasteiger partial charge on any atom is 0.315 e. The molecule has 2 rings (SSSR count). The van der Waals surface area contributed by atoms with Crippen LogP contribution in [0.25, 0.3) is 0 Å². The molecule has 5 nitrogen and oxygen atoms in total. The summed E-state index contributed by atoms with van der Waals surface area (Å²) in [6.07, 6.45) is 2.73. The molecule has 7 heteroatoms. The maximum absolute atomic E-state index is 11.8. The molecule has 0 saturated heterocycles. The van der Waals surface area contributed by atoms with E-state index in [2.05, 4.69) is 26.6 Å². The summed E-state index contributed by atoms with van der Waals surface area (Å²) in [6, 6.07) is 1.87. The van der Waals surface area contributed by atoms with Crippen molar-refractivity contribution in [2.45, 2.75) is 38.3 Å². The Kier molecular flexibility index (Phi) is 5.42. The van der Waals surface area contributed by atoms with Gasteiger partial charge in [0.05, 0.1) is 9.70 Å². The van der Waals surface area contributed by atoms with Crippen molar-refractivity contribution >= 4 is 39.3 Å². The van der Waals surface area contributed by atoms with Crippen molar-refractivity contribution in [3.8, 4) is 0 Å². The first kappa shape index (κ1) is 15.3. The lowest BCUT2D eigenvalue weighted by Crippen LogP contribution is -2.43. The number of carbonyl (C=O) groups excluding carboxylic acids is 1. The van der Waals surface area contributed by atoms with Gasteiger partial charge >= 0.3 is 12.0 Å². The highest BCUT2D eigenvalue weighted by molar-refractivity contribution is 9.11. The van der Waals surface area contributed by atoms with Crippen molar-refractivity contribution in [1.82, 2.24) is 10.6 Å². The van der Waals surface area contributed by atoms with Crippen molar-refractivity contribution < 1.29 is 14.7 Å². The number of rotatable bonds is 4. The third kappa shape index (κ3) is 4.49. The Morgan fingerprint density at radius 2 is 2.05 bits per heavy atom. The van der Waals surface area contributed by atoms with E-state index in [4.69, 9.17) is 5.11 Å². The van der Waals surface area contributed by atoms with E-state index in [9.17, 15) is 9.59 Å². The summed E-state index contributed by atoms with van der Waals surface area (Å²) in [5.74, 6) is -0.977. The molecule has 1 aliphatic rings. The molecule has 3 N–H and O–H groups in total. The van der Waals surface area contributed by atoms with Crippen LogP contribution in [0.1, 0.15) is 31.2 Å². The lowest BCUT2D eigenvalue weighted by molar-refractivity contribution is -0.142. The summed E-state index contributed by atoms with van der Waals surface area (Å²) in [4.78, 5) is 22.6. The molecule has 0 aliphatic heterocycles. The lowest BCUT2D eigenvalue weighted by Gasteiger charge is -2.26. The van der Waals surface area contributed by atoms with Gasteiger partial charge in [-0.05, 0) is 58.6 Å². The third-order valence-corrected chi connectivity index (χ3v) is 5.04. The molecule has 0 unspecified atom stereocenters. The topological polar surface area (TPSA) is 78.4 Å². The molecule has 1 saturated carbocycles. The van der Waals surface area contributed by atoms with E-state index in [-0.39, 0.29) is 18.0 Å². The summed E-state index contributed by atoms with van der Waals surface area (Å²) in [5, 5.41) is 16.6. The molecule has 1 aromatic rings. The number of carbonyl (C=O) groups is 2. The standard InChI is InChI=1S/C13H17BrN2O3S/c14-11-5-8(7-20-11)6-15-13(19)16-10-3-1-9(2-4-10)12(17)18/h5,7,9-10H,1-4,6H2,(H,17,18)(H2,15,16,19). The number of urea groups is 1. The molecule has 2 amide bonds. The van der Waals surface area contributed by atoms with E-state index < -0.39 is 5.97 Å². The zero-order valence-electron chi connectivity index (χ0n) is 10.9. The number of hydrogen-bond acceptors (Lipinski definition) is 3. The maximum atomic E-state index is 11.8. The smallest absolute Gasteiger partial charge is 0.315 e. The fourth-order valence-corrected chi connectivity index (χ4v) is 3.55. The van der Waals surface area contributed by atoms with Crippen LogP contribution < -0.4 is 10.6 Å². The second-order valence-electron chi connectivity index (χ2n) is 4.97. The summed E-state index contributed by atoms with van der Waals surface area (Å²) in [6.45, 7) is 0.498. The van der Waals surface area contributed by atoms with Gasteiger partial charge in [0.2, 0.25) is 0 Å². The van der Waals surface area contributed by atoms with Gasteiger partial charge in [0.1, 0.15) is 0 Å². The van der Waals surface area contributed by atoms with Crippen LogP contribution in [0.2, 0.25) is 0 Å². The number of carboxylic acids is 1. The molecule has 20 heavy (non-hydrogen) atoms. The quantitative estimate of drug-likeness (QED) is 0.772. The zero-order chi connectivity index (χ0) is 14.5. The Hall–Kier alpha value is -1.08. The van der Waals surface area contributed by atoms with Gasteiger partial charge < -0.3 is 15.7 Å². The van der Waals surface area contributed by atoms with Gasteiger partial charge in [0.25, 0.3) is 0 Å². The van der Waals surface area contributed by atoms with Crippen LogP contribution in [-0.4, -0.2) is 23.1 Å². The van der Waals surface area contributed by atoms with Crippen LogP contribution in [0.5, 0.6) is 0 Å². The molecule has 1 heterocycles. The average molecular weight is 361 g/mol. The number of nitrogens with one attached hydrogen (secondary N) is 2. The number of aliphatic carboxylic acids is 1. The average Bonchev–Trinajstić information content (AvgIpc) is 2.83. The number of amides is 2. The van der Waals surface area contributed by atoms with Crippen molar-refractivity contribution in [3.63, 3.8) is 0 Å². The first-order valence-corrected chi connectivity index (χ1v) is 8.22. The van der Waals surface area contributed by atoms with E-state index in [1.165, 1.54) is 0 Å². The molecular formula is C13H17BrN2O3S. The fraction of sp³-hybridized carbons (Fsp3) is 0.538. The summed E-state index contributed by atoms with van der Waals surface area (Å²) >= 11 is 4.96. The van der Waals surface area contributed by atoms with Crippen molar-refractivity contribution in [3.05, 3.63) is 20.8 Å². The number of carboxylic acid groups (broad SMARTS) is 1. The Labute approximate surface area is 129 Å². The number of halogens is 1. The molecule has 1 aliphatic carbocycles. The predicted molar refractivity (Wildman–Crippen MR) is 80.8 cm³/mol. The normalized spacial score (nSPS) is 22.2. The van der Waals surface area contributed by atoms with Crippen molar-refractivity contribution in [2.24, 2.45) is 5.92 Å². The largest absolute Gasteiger partial charge is 0.481 e.